The molecule has 0 aromatic rings. The summed E-state index contributed by atoms with van der Waals surface area (Å²) >= 11 is 0. The number of hydrogen-bond donors (Lipinski definition) is 0. The number of nitrogens with zero attached hydrogens (tertiary/aromatic N) is 3. The Bertz CT molecular complexity index is 763. The van der Waals surface area contributed by atoms with Crippen LogP contribution >= 0.6 is 0 Å². The van der Waals surface area contributed by atoms with Gasteiger partial charge in [0.2, 0.25) is 23.1 Å². The number of hydrogen-bond acceptors (Lipinski definition) is 5. The summed E-state index contributed by atoms with van der Waals surface area (Å²) in [4.78, 5) is 29.7. The molecule has 2 bridgehead atoms. The second-order valence-corrected chi connectivity index (χ2v) is 13.8. The number of Topliss-reactive ketones (excluding diaryl/α,β-unsaturated/α-hetero) is 2. The molecule has 0 N–H and O–H groups in total. The van der Waals surface area contributed by atoms with Crippen molar-refractivity contribution in [1.82, 2.24) is 0 Å². The van der Waals surface area contributed by atoms with E-state index < -0.39 is 19.4 Å². The van der Waals surface area contributed by atoms with E-state index in [4.69, 9.17) is 15.0 Å². The largest absolute Gasteiger partial charge is 0.490 e. The third kappa shape index (κ3) is 2.28. The van der Waals surface area contributed by atoms with Gasteiger partial charge >= 0.3 is 0 Å². The first-order chi connectivity index (χ1) is 12.3. The first-order valence-electron chi connectivity index (χ1n) is 8.86. The molecule has 0 amide bonds. The molecule has 0 aliphatic heterocycles. The minimum absolute atomic E-state index is 0.00460. The quantitative estimate of drug-likeness (QED) is 0.233. The topological polar surface area (TPSA) is 101 Å². The molecule has 1 fully saturated rings. The molecule has 3 aliphatic carbocycles. The standard InChI is InChI=1S/C18H25N3O4Si/c1-24-14-13(22)12-10-6-7-11(16(10)26(3,4)5)18(12,8-9-20-21-19)17(23)15(14)25-2/h6-7,10-12,16H,8-9H2,1-5H3/t10-,11-,12-,16-,18-/m1/s1. The predicted octanol–water partition coefficient (Wildman–Crippen LogP) is 3.47. The van der Waals surface area contributed by atoms with Crippen molar-refractivity contribution in [3.05, 3.63) is 34.1 Å². The number of azide groups is 1. The minimum atomic E-state index is -1.66. The average Bonchev–Trinajstić information content (AvgIpc) is 3.13. The number of carbonyl (C=O) groups is 2. The molecular formula is C18H25N3O4Si. The highest BCUT2D eigenvalue weighted by Crippen LogP contribution is 2.69. The second kappa shape index (κ2) is 6.28. The third-order valence-corrected chi connectivity index (χ3v) is 9.06. The van der Waals surface area contributed by atoms with E-state index in [-0.39, 0.29) is 41.5 Å². The molecule has 0 radical (unpaired) electrons. The van der Waals surface area contributed by atoms with Gasteiger partial charge in [0, 0.05) is 25.4 Å². The molecule has 0 aromatic carbocycles. The van der Waals surface area contributed by atoms with Crippen LogP contribution in [0.25, 0.3) is 10.4 Å². The lowest BCUT2D eigenvalue weighted by Gasteiger charge is -2.43. The Morgan fingerprint density at radius 1 is 1.19 bits per heavy atom. The maximum absolute atomic E-state index is 13.6. The summed E-state index contributed by atoms with van der Waals surface area (Å²) in [6.45, 7) is 7.01. The minimum Gasteiger partial charge on any atom is -0.490 e. The van der Waals surface area contributed by atoms with Crippen LogP contribution in [0.3, 0.4) is 0 Å². The fourth-order valence-corrected chi connectivity index (χ4v) is 8.51. The maximum atomic E-state index is 13.6. The Labute approximate surface area is 154 Å². The summed E-state index contributed by atoms with van der Waals surface area (Å²) < 4.78 is 10.6. The summed E-state index contributed by atoms with van der Waals surface area (Å²) in [5.41, 5.74) is 8.08. The van der Waals surface area contributed by atoms with Crippen molar-refractivity contribution in [2.45, 2.75) is 31.6 Å². The zero-order valence-electron chi connectivity index (χ0n) is 15.9. The molecule has 26 heavy (non-hydrogen) atoms. The van der Waals surface area contributed by atoms with Crippen LogP contribution in [0.5, 0.6) is 0 Å². The lowest BCUT2D eigenvalue weighted by atomic mass is 9.59. The summed E-state index contributed by atoms with van der Waals surface area (Å²) in [6.07, 6.45) is 4.57. The molecule has 5 atom stereocenters. The van der Waals surface area contributed by atoms with Crippen LogP contribution in [0, 0.1) is 23.2 Å². The van der Waals surface area contributed by atoms with E-state index in [1.165, 1.54) is 14.2 Å². The van der Waals surface area contributed by atoms with E-state index in [1.54, 1.807) is 0 Å². The molecule has 3 rings (SSSR count). The molecule has 140 valence electrons. The van der Waals surface area contributed by atoms with Crippen molar-refractivity contribution in [1.29, 1.82) is 0 Å². The van der Waals surface area contributed by atoms with Crippen LogP contribution in [0.1, 0.15) is 6.42 Å². The van der Waals surface area contributed by atoms with Gasteiger partial charge in [0.25, 0.3) is 0 Å². The van der Waals surface area contributed by atoms with Crippen molar-refractivity contribution in [3.8, 4) is 0 Å². The van der Waals surface area contributed by atoms with E-state index in [0.717, 1.165) is 0 Å². The Morgan fingerprint density at radius 2 is 1.85 bits per heavy atom. The summed E-state index contributed by atoms with van der Waals surface area (Å²) in [6, 6.07) is 0. The Morgan fingerprint density at radius 3 is 2.38 bits per heavy atom. The van der Waals surface area contributed by atoms with Crippen LogP contribution < -0.4 is 0 Å². The van der Waals surface area contributed by atoms with Crippen LogP contribution in [-0.4, -0.2) is 40.4 Å². The molecule has 3 aliphatic rings. The van der Waals surface area contributed by atoms with Gasteiger partial charge in [-0.1, -0.05) is 36.9 Å². The van der Waals surface area contributed by atoms with Crippen LogP contribution in [0.2, 0.25) is 25.2 Å². The Kier molecular flexibility index (Phi) is 4.53. The predicted molar refractivity (Wildman–Crippen MR) is 98.8 cm³/mol. The number of ether oxygens (including phenoxy) is 2. The highest BCUT2D eigenvalue weighted by atomic mass is 28.3. The van der Waals surface area contributed by atoms with Gasteiger partial charge < -0.3 is 9.47 Å². The number of rotatable bonds is 6. The number of ketones is 2. The van der Waals surface area contributed by atoms with Crippen LogP contribution in [0.15, 0.2) is 28.8 Å². The van der Waals surface area contributed by atoms with E-state index >= 15 is 0 Å². The van der Waals surface area contributed by atoms with E-state index in [1.807, 2.05) is 0 Å². The third-order valence-electron chi connectivity index (χ3n) is 6.32. The van der Waals surface area contributed by atoms with Gasteiger partial charge in [0.1, 0.15) is 0 Å². The fourth-order valence-electron chi connectivity index (χ4n) is 5.57. The molecular weight excluding hydrogens is 350 g/mol. The van der Waals surface area contributed by atoms with Gasteiger partial charge in [-0.25, -0.2) is 0 Å². The number of fused-ring (bicyclic) bond motifs is 5. The van der Waals surface area contributed by atoms with Gasteiger partial charge in [-0.3, -0.25) is 9.59 Å². The number of allylic oxidation sites excluding steroid dienone is 4. The van der Waals surface area contributed by atoms with Crippen molar-refractivity contribution >= 4 is 19.6 Å². The molecule has 0 aromatic heterocycles. The number of methoxy groups -OCH3 is 2. The number of carbonyl (C=O) groups excluding carboxylic acids is 2. The Hall–Kier alpha value is -2.05. The molecule has 7 nitrogen and oxygen atoms in total. The normalized spacial score (nSPS) is 35.4. The van der Waals surface area contributed by atoms with Gasteiger partial charge in [-0.15, -0.1) is 0 Å². The van der Waals surface area contributed by atoms with E-state index in [0.29, 0.717) is 12.0 Å². The fraction of sp³-hybridized carbons (Fsp3) is 0.667. The SMILES string of the molecule is COC1=C(OC)C(=O)[C@]2(CCN=[N+]=[N-])[C@@H]3C=C[C@@H]([C@H]3[Si](C)(C)C)[C@@H]2C1=O. The second-order valence-electron chi connectivity index (χ2n) is 8.36. The van der Waals surface area contributed by atoms with Gasteiger partial charge in [0.05, 0.1) is 19.6 Å². The van der Waals surface area contributed by atoms with Crippen LogP contribution in [-0.2, 0) is 19.1 Å². The van der Waals surface area contributed by atoms with Crippen LogP contribution in [0.4, 0.5) is 0 Å². The first-order valence-corrected chi connectivity index (χ1v) is 12.4. The lowest BCUT2D eigenvalue weighted by molar-refractivity contribution is -0.145. The van der Waals surface area contributed by atoms with Crippen molar-refractivity contribution in [2.75, 3.05) is 20.8 Å². The van der Waals surface area contributed by atoms with E-state index in [2.05, 4.69) is 41.8 Å². The smallest absolute Gasteiger partial charge is 0.208 e. The first kappa shape index (κ1) is 18.7. The zero-order chi connectivity index (χ0) is 19.3. The van der Waals surface area contributed by atoms with E-state index in [9.17, 15) is 9.59 Å². The molecule has 1 saturated carbocycles. The highest BCUT2D eigenvalue weighted by molar-refractivity contribution is 6.78. The van der Waals surface area contributed by atoms with Crippen molar-refractivity contribution in [2.24, 2.45) is 28.3 Å². The van der Waals surface area contributed by atoms with Crippen molar-refractivity contribution in [3.63, 3.8) is 0 Å². The molecule has 0 saturated heterocycles. The van der Waals surface area contributed by atoms with Gasteiger partial charge in [-0.2, -0.15) is 0 Å². The highest BCUT2D eigenvalue weighted by Gasteiger charge is 2.71. The summed E-state index contributed by atoms with van der Waals surface area (Å²) in [7, 11) is 1.12. The Balaban J connectivity index is 2.20. The molecule has 0 heterocycles. The average molecular weight is 376 g/mol. The zero-order valence-corrected chi connectivity index (χ0v) is 16.9. The maximum Gasteiger partial charge on any atom is 0.208 e. The monoisotopic (exact) mass is 375 g/mol. The molecule has 0 spiro atoms. The van der Waals surface area contributed by atoms with Gasteiger partial charge in [0.15, 0.2) is 0 Å². The van der Waals surface area contributed by atoms with Crippen molar-refractivity contribution < 1.29 is 19.1 Å². The van der Waals surface area contributed by atoms with Gasteiger partial charge in [-0.05, 0) is 29.3 Å². The molecule has 8 heteroatoms. The molecule has 0 unspecified atom stereocenters. The summed E-state index contributed by atoms with van der Waals surface area (Å²) in [5.74, 6) is -0.790. The summed E-state index contributed by atoms with van der Waals surface area (Å²) in [5, 5.41) is 3.66. The lowest BCUT2D eigenvalue weighted by Crippen LogP contribution is -2.51.